The van der Waals surface area contributed by atoms with Gasteiger partial charge < -0.3 is 20.9 Å². The molecule has 0 bridgehead atoms. The van der Waals surface area contributed by atoms with Gasteiger partial charge in [0.1, 0.15) is 0 Å². The lowest BCUT2D eigenvalue weighted by Crippen LogP contribution is -2.31. The molecule has 4 N–H and O–H groups in total. The summed E-state index contributed by atoms with van der Waals surface area (Å²) in [5, 5.41) is 0. The number of methoxy groups -OCH3 is 2. The molecule has 0 fully saturated rings. The average Bonchev–Trinajstić information content (AvgIpc) is 2.46. The van der Waals surface area contributed by atoms with Crippen LogP contribution in [0.3, 0.4) is 0 Å². The Balaban J connectivity index is 2.96. The Bertz CT molecular complexity index is 392. The number of hydrogen-bond donors (Lipinski definition) is 2. The SMILES string of the molecule is COc1ccc(C(C)C(C)C(CN)CN)cc1OC. The zero-order chi connectivity index (χ0) is 14.4. The van der Waals surface area contributed by atoms with Crippen molar-refractivity contribution < 1.29 is 9.47 Å². The smallest absolute Gasteiger partial charge is 0.160 e. The monoisotopic (exact) mass is 266 g/mol. The minimum absolute atomic E-state index is 0.336. The Kier molecular flexibility index (Phi) is 6.12. The average molecular weight is 266 g/mol. The van der Waals surface area contributed by atoms with Crippen LogP contribution in [0.5, 0.6) is 11.5 Å². The first kappa shape index (κ1) is 15.8. The van der Waals surface area contributed by atoms with Crippen molar-refractivity contribution in [2.24, 2.45) is 23.3 Å². The molecule has 0 saturated carbocycles. The highest BCUT2D eigenvalue weighted by molar-refractivity contribution is 5.43. The van der Waals surface area contributed by atoms with Crippen molar-refractivity contribution in [2.75, 3.05) is 27.3 Å². The molecule has 2 atom stereocenters. The first-order valence-electron chi connectivity index (χ1n) is 6.71. The normalized spacial score (nSPS) is 14.3. The fourth-order valence-corrected chi connectivity index (χ4v) is 2.37. The maximum absolute atomic E-state index is 5.78. The summed E-state index contributed by atoms with van der Waals surface area (Å²) < 4.78 is 10.6. The van der Waals surface area contributed by atoms with Gasteiger partial charge in [-0.1, -0.05) is 19.9 Å². The van der Waals surface area contributed by atoms with Crippen molar-refractivity contribution in [2.45, 2.75) is 19.8 Å². The number of benzene rings is 1. The van der Waals surface area contributed by atoms with Crippen molar-refractivity contribution in [1.29, 1.82) is 0 Å². The molecule has 1 aromatic rings. The predicted octanol–water partition coefficient (Wildman–Crippen LogP) is 1.98. The highest BCUT2D eigenvalue weighted by Crippen LogP contribution is 2.35. The number of nitrogens with two attached hydrogens (primary N) is 2. The molecule has 1 aromatic carbocycles. The van der Waals surface area contributed by atoms with Gasteiger partial charge in [0.25, 0.3) is 0 Å². The quantitative estimate of drug-likeness (QED) is 0.791. The van der Waals surface area contributed by atoms with Crippen molar-refractivity contribution >= 4 is 0 Å². The van der Waals surface area contributed by atoms with E-state index in [0.29, 0.717) is 30.8 Å². The maximum Gasteiger partial charge on any atom is 0.160 e. The Morgan fingerprint density at radius 2 is 1.58 bits per heavy atom. The Hall–Kier alpha value is -1.26. The third-order valence-corrected chi connectivity index (χ3v) is 4.07. The first-order valence-corrected chi connectivity index (χ1v) is 6.71. The minimum Gasteiger partial charge on any atom is -0.493 e. The largest absolute Gasteiger partial charge is 0.493 e. The third-order valence-electron chi connectivity index (χ3n) is 4.07. The molecule has 0 aliphatic rings. The second-order valence-electron chi connectivity index (χ2n) is 4.99. The molecule has 0 spiro atoms. The summed E-state index contributed by atoms with van der Waals surface area (Å²) in [4.78, 5) is 0. The van der Waals surface area contributed by atoms with Crippen LogP contribution in [-0.2, 0) is 0 Å². The third kappa shape index (κ3) is 3.61. The Labute approximate surface area is 116 Å². The van der Waals surface area contributed by atoms with Gasteiger partial charge in [0, 0.05) is 0 Å². The Morgan fingerprint density at radius 3 is 2.05 bits per heavy atom. The van der Waals surface area contributed by atoms with Crippen LogP contribution in [0.1, 0.15) is 25.3 Å². The highest BCUT2D eigenvalue weighted by Gasteiger charge is 2.22. The molecule has 0 heterocycles. The Morgan fingerprint density at radius 1 is 1.00 bits per heavy atom. The molecule has 19 heavy (non-hydrogen) atoms. The molecule has 4 nitrogen and oxygen atoms in total. The molecule has 4 heteroatoms. The molecule has 108 valence electrons. The summed E-state index contributed by atoms with van der Waals surface area (Å²) >= 11 is 0. The minimum atomic E-state index is 0.336. The van der Waals surface area contributed by atoms with Gasteiger partial charge in [-0.15, -0.1) is 0 Å². The molecular formula is C15H26N2O2. The molecule has 0 saturated heterocycles. The summed E-state index contributed by atoms with van der Waals surface area (Å²) in [6, 6.07) is 6.05. The fourth-order valence-electron chi connectivity index (χ4n) is 2.37. The van der Waals surface area contributed by atoms with Crippen LogP contribution in [0.4, 0.5) is 0 Å². The molecule has 0 aliphatic heterocycles. The van der Waals surface area contributed by atoms with Crippen molar-refractivity contribution in [3.63, 3.8) is 0 Å². The van der Waals surface area contributed by atoms with Crippen LogP contribution in [0.2, 0.25) is 0 Å². The lowest BCUT2D eigenvalue weighted by Gasteiger charge is -2.27. The second-order valence-corrected chi connectivity index (χ2v) is 4.99. The number of rotatable bonds is 7. The lowest BCUT2D eigenvalue weighted by atomic mass is 9.80. The molecule has 1 rings (SSSR count). The summed E-state index contributed by atoms with van der Waals surface area (Å²) in [6.45, 7) is 5.64. The number of ether oxygens (including phenoxy) is 2. The van der Waals surface area contributed by atoms with Crippen LogP contribution in [0.15, 0.2) is 18.2 Å². The van der Waals surface area contributed by atoms with Gasteiger partial charge in [-0.3, -0.25) is 0 Å². The van der Waals surface area contributed by atoms with E-state index in [1.807, 2.05) is 12.1 Å². The summed E-state index contributed by atoms with van der Waals surface area (Å²) in [7, 11) is 3.29. The van der Waals surface area contributed by atoms with E-state index in [9.17, 15) is 0 Å². The van der Waals surface area contributed by atoms with Crippen LogP contribution in [0.25, 0.3) is 0 Å². The molecular weight excluding hydrogens is 240 g/mol. The molecule has 0 aromatic heterocycles. The van der Waals surface area contributed by atoms with E-state index < -0.39 is 0 Å². The van der Waals surface area contributed by atoms with Crippen LogP contribution in [-0.4, -0.2) is 27.3 Å². The highest BCUT2D eigenvalue weighted by atomic mass is 16.5. The summed E-state index contributed by atoms with van der Waals surface area (Å²) in [5.41, 5.74) is 12.8. The van der Waals surface area contributed by atoms with Gasteiger partial charge in [-0.25, -0.2) is 0 Å². The lowest BCUT2D eigenvalue weighted by molar-refractivity contribution is 0.325. The zero-order valence-electron chi connectivity index (χ0n) is 12.3. The van der Waals surface area contributed by atoms with E-state index in [4.69, 9.17) is 20.9 Å². The van der Waals surface area contributed by atoms with E-state index in [2.05, 4.69) is 19.9 Å². The topological polar surface area (TPSA) is 70.5 Å². The van der Waals surface area contributed by atoms with Crippen LogP contribution < -0.4 is 20.9 Å². The van der Waals surface area contributed by atoms with Gasteiger partial charge in [-0.05, 0) is 48.5 Å². The van der Waals surface area contributed by atoms with Crippen molar-refractivity contribution in [3.05, 3.63) is 23.8 Å². The summed E-state index contributed by atoms with van der Waals surface area (Å²) in [6.07, 6.45) is 0. The molecule has 0 amide bonds. The maximum atomic E-state index is 5.78. The van der Waals surface area contributed by atoms with Gasteiger partial charge in [-0.2, -0.15) is 0 Å². The standard InChI is InChI=1S/C15H26N2O2/c1-10(11(2)13(8-16)9-17)12-5-6-14(18-3)15(7-12)19-4/h5-7,10-11,13H,8-9,16-17H2,1-4H3. The van der Waals surface area contributed by atoms with E-state index in [1.54, 1.807) is 14.2 Å². The van der Waals surface area contributed by atoms with Crippen LogP contribution >= 0.6 is 0 Å². The summed E-state index contributed by atoms with van der Waals surface area (Å²) in [5.74, 6) is 2.64. The van der Waals surface area contributed by atoms with Crippen LogP contribution in [0, 0.1) is 11.8 Å². The second kappa shape index (κ2) is 7.36. The van der Waals surface area contributed by atoms with Crippen molar-refractivity contribution in [1.82, 2.24) is 0 Å². The van der Waals surface area contributed by atoms with E-state index >= 15 is 0 Å². The molecule has 2 unspecified atom stereocenters. The first-order chi connectivity index (χ1) is 9.08. The van der Waals surface area contributed by atoms with Crippen molar-refractivity contribution in [3.8, 4) is 11.5 Å². The fraction of sp³-hybridized carbons (Fsp3) is 0.600. The molecule has 0 aliphatic carbocycles. The van der Waals surface area contributed by atoms with E-state index in [-0.39, 0.29) is 0 Å². The van der Waals surface area contributed by atoms with E-state index in [0.717, 1.165) is 11.5 Å². The van der Waals surface area contributed by atoms with Gasteiger partial charge in [0.05, 0.1) is 14.2 Å². The zero-order valence-corrected chi connectivity index (χ0v) is 12.3. The van der Waals surface area contributed by atoms with Gasteiger partial charge in [0.2, 0.25) is 0 Å². The number of hydrogen-bond acceptors (Lipinski definition) is 4. The van der Waals surface area contributed by atoms with Gasteiger partial charge >= 0.3 is 0 Å². The predicted molar refractivity (Wildman–Crippen MR) is 78.7 cm³/mol. The van der Waals surface area contributed by atoms with E-state index in [1.165, 1.54) is 5.56 Å². The molecule has 0 radical (unpaired) electrons. The van der Waals surface area contributed by atoms with Gasteiger partial charge in [0.15, 0.2) is 11.5 Å².